The van der Waals surface area contributed by atoms with Crippen LogP contribution in [0.25, 0.3) is 21.3 Å². The smallest absolute Gasteiger partial charge is 0.281 e. The molecule has 7 nitrogen and oxygen atoms in total. The van der Waals surface area contributed by atoms with Gasteiger partial charge in [-0.2, -0.15) is 4.98 Å². The average molecular weight is 463 g/mol. The third-order valence-corrected chi connectivity index (χ3v) is 7.80. The zero-order valence-corrected chi connectivity index (χ0v) is 19.3. The molecule has 0 aliphatic carbocycles. The van der Waals surface area contributed by atoms with E-state index in [0.717, 1.165) is 41.5 Å². The van der Waals surface area contributed by atoms with Gasteiger partial charge < -0.3 is 14.5 Å². The number of carbonyl (C=O) groups is 1. The largest absolute Gasteiger partial charge is 0.464 e. The normalized spacial score (nSPS) is 22.8. The summed E-state index contributed by atoms with van der Waals surface area (Å²) < 4.78 is 12.9. The third kappa shape index (κ3) is 4.09. The molecule has 1 aromatic carbocycles. The van der Waals surface area contributed by atoms with Gasteiger partial charge in [-0.25, -0.2) is 4.98 Å². The van der Waals surface area contributed by atoms with Crippen molar-refractivity contribution in [2.75, 3.05) is 6.54 Å². The Bertz CT molecular complexity index is 1270. The number of carbonyl (C=O) groups excluding carboxylic acids is 1. The van der Waals surface area contributed by atoms with Crippen LogP contribution >= 0.6 is 11.3 Å². The minimum Gasteiger partial charge on any atom is -0.464 e. The molecular formula is C25H26N4O3S. The molecule has 3 atom stereocenters. The van der Waals surface area contributed by atoms with E-state index < -0.39 is 0 Å². The SMILES string of the molecule is CC(=O)NC1C[C@H]2CC[C@@H](C1)N2CCc1coc2cc(Oc3nc4ncccc4s3)ccc12. The van der Waals surface area contributed by atoms with Gasteiger partial charge in [-0.3, -0.25) is 9.69 Å². The number of hydrogen-bond acceptors (Lipinski definition) is 7. The summed E-state index contributed by atoms with van der Waals surface area (Å²) >= 11 is 1.48. The highest BCUT2D eigenvalue weighted by atomic mass is 32.1. The number of rotatable bonds is 6. The lowest BCUT2D eigenvalue weighted by Gasteiger charge is -2.39. The zero-order valence-electron chi connectivity index (χ0n) is 18.5. The highest BCUT2D eigenvalue weighted by Gasteiger charge is 2.40. The van der Waals surface area contributed by atoms with E-state index in [2.05, 4.69) is 26.3 Å². The lowest BCUT2D eigenvalue weighted by atomic mass is 9.96. The first kappa shape index (κ1) is 20.6. The van der Waals surface area contributed by atoms with E-state index >= 15 is 0 Å². The molecule has 2 aliphatic rings. The van der Waals surface area contributed by atoms with Crippen molar-refractivity contribution in [2.24, 2.45) is 0 Å². The number of furan rings is 1. The van der Waals surface area contributed by atoms with Crippen LogP contribution in [0.4, 0.5) is 0 Å². The number of nitrogens with zero attached hydrogens (tertiary/aromatic N) is 3. The molecule has 0 radical (unpaired) electrons. The van der Waals surface area contributed by atoms with Gasteiger partial charge in [0.25, 0.3) is 5.19 Å². The Morgan fingerprint density at radius 3 is 2.91 bits per heavy atom. The van der Waals surface area contributed by atoms with Crippen LogP contribution in [0.5, 0.6) is 10.9 Å². The van der Waals surface area contributed by atoms with Crippen LogP contribution in [0.2, 0.25) is 0 Å². The lowest BCUT2D eigenvalue weighted by Crippen LogP contribution is -2.50. The van der Waals surface area contributed by atoms with Crippen LogP contribution in [-0.2, 0) is 11.2 Å². The molecule has 1 N–H and O–H groups in total. The van der Waals surface area contributed by atoms with Crippen molar-refractivity contribution in [3.8, 4) is 10.9 Å². The Balaban J connectivity index is 1.13. The Labute approximate surface area is 195 Å². The molecule has 2 fully saturated rings. The van der Waals surface area contributed by atoms with E-state index in [0.29, 0.717) is 34.7 Å². The summed E-state index contributed by atoms with van der Waals surface area (Å²) in [5.41, 5.74) is 2.76. The number of piperidine rings is 1. The molecule has 2 aliphatic heterocycles. The van der Waals surface area contributed by atoms with E-state index in [-0.39, 0.29) is 5.91 Å². The van der Waals surface area contributed by atoms with Crippen LogP contribution in [0, 0.1) is 0 Å². The first-order chi connectivity index (χ1) is 16.1. The number of ether oxygens (including phenoxy) is 1. The number of benzene rings is 1. The van der Waals surface area contributed by atoms with Crippen LogP contribution < -0.4 is 10.1 Å². The number of amides is 1. The van der Waals surface area contributed by atoms with Crippen molar-refractivity contribution < 1.29 is 13.9 Å². The minimum absolute atomic E-state index is 0.0841. The van der Waals surface area contributed by atoms with E-state index in [1.54, 1.807) is 13.1 Å². The summed E-state index contributed by atoms with van der Waals surface area (Å²) in [6.07, 6.45) is 9.15. The van der Waals surface area contributed by atoms with Gasteiger partial charge in [-0.15, -0.1) is 0 Å². The molecule has 0 saturated carbocycles. The molecule has 1 unspecified atom stereocenters. The second kappa shape index (κ2) is 8.43. The third-order valence-electron chi connectivity index (χ3n) is 6.91. The molecule has 4 aromatic rings. The van der Waals surface area contributed by atoms with E-state index in [4.69, 9.17) is 9.15 Å². The average Bonchev–Trinajstić information content (AvgIpc) is 3.45. The Hall–Kier alpha value is -2.97. The van der Waals surface area contributed by atoms with Crippen molar-refractivity contribution in [1.29, 1.82) is 0 Å². The minimum atomic E-state index is 0.0841. The Morgan fingerprint density at radius 1 is 1.27 bits per heavy atom. The fraction of sp³-hybridized carbons (Fsp3) is 0.400. The van der Waals surface area contributed by atoms with Gasteiger partial charge in [0.1, 0.15) is 11.3 Å². The molecule has 8 heteroatoms. The Morgan fingerprint density at radius 2 is 2.12 bits per heavy atom. The van der Waals surface area contributed by atoms with Gasteiger partial charge in [-0.05, 0) is 61.9 Å². The molecule has 5 heterocycles. The molecule has 0 spiro atoms. The molecule has 170 valence electrons. The maximum Gasteiger partial charge on any atom is 0.281 e. The summed E-state index contributed by atoms with van der Waals surface area (Å²) in [6, 6.07) is 11.3. The first-order valence-electron chi connectivity index (χ1n) is 11.5. The van der Waals surface area contributed by atoms with E-state index in [1.807, 2.05) is 30.5 Å². The highest BCUT2D eigenvalue weighted by Crippen LogP contribution is 2.37. The van der Waals surface area contributed by atoms with Crippen molar-refractivity contribution in [3.63, 3.8) is 0 Å². The van der Waals surface area contributed by atoms with Crippen molar-refractivity contribution in [2.45, 2.75) is 57.2 Å². The maximum atomic E-state index is 11.5. The fourth-order valence-corrected chi connectivity index (χ4v) is 6.30. The van der Waals surface area contributed by atoms with Gasteiger partial charge >= 0.3 is 0 Å². The fourth-order valence-electron chi connectivity index (χ4n) is 5.51. The van der Waals surface area contributed by atoms with Crippen LogP contribution in [0.3, 0.4) is 0 Å². The molecule has 33 heavy (non-hydrogen) atoms. The topological polar surface area (TPSA) is 80.5 Å². The maximum absolute atomic E-state index is 11.5. The number of hydrogen-bond donors (Lipinski definition) is 1. The molecule has 2 bridgehead atoms. The molecule has 3 aromatic heterocycles. The van der Waals surface area contributed by atoms with Gasteiger partial charge in [0.05, 0.1) is 11.0 Å². The predicted octanol–water partition coefficient (Wildman–Crippen LogP) is 4.90. The quantitative estimate of drug-likeness (QED) is 0.439. The number of nitrogens with one attached hydrogen (secondary N) is 1. The van der Waals surface area contributed by atoms with Gasteiger partial charge in [0.15, 0.2) is 5.65 Å². The first-order valence-corrected chi connectivity index (χ1v) is 12.4. The van der Waals surface area contributed by atoms with Crippen molar-refractivity contribution >= 4 is 38.6 Å². The van der Waals surface area contributed by atoms with Crippen LogP contribution in [0.15, 0.2) is 47.2 Å². The van der Waals surface area contributed by atoms with E-state index in [1.165, 1.54) is 29.7 Å². The standard InChI is InChI=1S/C25H26N4O3S/c1-15(30)27-17-11-18-4-5-19(12-17)29(18)10-8-16-14-31-22-13-20(6-7-21(16)22)32-25-28-24-23(33-25)3-2-9-26-24/h2-3,6-7,9,13-14,17-19H,4-5,8,10-12H2,1H3,(H,27,30)/t17?,18-,19+. The summed E-state index contributed by atoms with van der Waals surface area (Å²) in [5, 5.41) is 4.84. The monoisotopic (exact) mass is 462 g/mol. The van der Waals surface area contributed by atoms with Crippen LogP contribution in [-0.4, -0.2) is 45.4 Å². The van der Waals surface area contributed by atoms with Gasteiger partial charge in [-0.1, -0.05) is 11.3 Å². The van der Waals surface area contributed by atoms with Gasteiger partial charge in [0.2, 0.25) is 5.91 Å². The highest BCUT2D eigenvalue weighted by molar-refractivity contribution is 7.20. The van der Waals surface area contributed by atoms with Crippen molar-refractivity contribution in [1.82, 2.24) is 20.2 Å². The van der Waals surface area contributed by atoms with Crippen molar-refractivity contribution in [3.05, 3.63) is 48.4 Å². The van der Waals surface area contributed by atoms with Gasteiger partial charge in [0, 0.05) is 49.2 Å². The molecule has 2 saturated heterocycles. The number of aromatic nitrogens is 2. The summed E-state index contributed by atoms with van der Waals surface area (Å²) in [7, 11) is 0. The molecular weight excluding hydrogens is 436 g/mol. The van der Waals surface area contributed by atoms with Crippen LogP contribution in [0.1, 0.15) is 38.2 Å². The second-order valence-corrected chi connectivity index (χ2v) is 10.1. The zero-order chi connectivity index (χ0) is 22.4. The predicted molar refractivity (Wildman–Crippen MR) is 128 cm³/mol. The summed E-state index contributed by atoms with van der Waals surface area (Å²) in [4.78, 5) is 22.8. The summed E-state index contributed by atoms with van der Waals surface area (Å²) in [5.74, 6) is 0.793. The second-order valence-electron chi connectivity index (χ2n) is 9.07. The molecule has 6 rings (SSSR count). The molecule has 1 amide bonds. The summed E-state index contributed by atoms with van der Waals surface area (Å²) in [6.45, 7) is 2.64. The number of fused-ring (bicyclic) bond motifs is 4. The Kier molecular flexibility index (Phi) is 5.27. The lowest BCUT2D eigenvalue weighted by molar-refractivity contribution is -0.120. The number of pyridine rings is 1. The number of thiazole rings is 1. The van der Waals surface area contributed by atoms with E-state index in [9.17, 15) is 4.79 Å².